The lowest BCUT2D eigenvalue weighted by molar-refractivity contribution is -0.144. The third-order valence-electron chi connectivity index (χ3n) is 2.81. The summed E-state index contributed by atoms with van der Waals surface area (Å²) < 4.78 is 26.3. The number of methoxy groups -OCH3 is 1. The molecule has 0 radical (unpaired) electrons. The zero-order chi connectivity index (χ0) is 20.0. The molecule has 0 bridgehead atoms. The number of sulfonamides is 1. The highest BCUT2D eigenvalue weighted by Crippen LogP contribution is 2.04. The van der Waals surface area contributed by atoms with Crippen LogP contribution in [-0.4, -0.2) is 58.1 Å². The maximum Gasteiger partial charge on any atom is 0.328 e. The molecule has 0 aliphatic heterocycles. The van der Waals surface area contributed by atoms with Crippen LogP contribution < -0.4 is 5.32 Å². The van der Waals surface area contributed by atoms with E-state index >= 15 is 0 Å². The molecule has 0 fully saturated rings. The van der Waals surface area contributed by atoms with E-state index in [-0.39, 0.29) is 5.91 Å². The molecule has 0 saturated heterocycles. The number of benzene rings is 1. The van der Waals surface area contributed by atoms with Crippen LogP contribution in [0.1, 0.15) is 26.3 Å². The van der Waals surface area contributed by atoms with E-state index in [1.165, 1.54) is 28.1 Å². The number of amides is 1. The van der Waals surface area contributed by atoms with Gasteiger partial charge in [-0.05, 0) is 5.56 Å². The highest BCUT2D eigenvalue weighted by Gasteiger charge is 2.20. The van der Waals surface area contributed by atoms with Crippen LogP contribution in [0, 0.1) is 0 Å². The molecule has 144 valence electrons. The van der Waals surface area contributed by atoms with Crippen molar-refractivity contribution < 1.29 is 22.7 Å². The molecular formula is C17H30N2O5S. The van der Waals surface area contributed by atoms with Gasteiger partial charge >= 0.3 is 5.97 Å². The molecule has 0 aliphatic rings. The van der Waals surface area contributed by atoms with E-state index < -0.39 is 22.0 Å². The number of rotatable bonds is 5. The Labute approximate surface area is 151 Å². The smallest absolute Gasteiger partial charge is 0.328 e. The van der Waals surface area contributed by atoms with Crippen LogP contribution in [0.5, 0.6) is 0 Å². The van der Waals surface area contributed by atoms with Gasteiger partial charge < -0.3 is 10.1 Å². The number of hydrogen-bond acceptors (Lipinski definition) is 5. The van der Waals surface area contributed by atoms with Gasteiger partial charge in [-0.25, -0.2) is 17.5 Å². The fourth-order valence-electron chi connectivity index (χ4n) is 1.43. The van der Waals surface area contributed by atoms with Gasteiger partial charge in [0.2, 0.25) is 15.9 Å². The van der Waals surface area contributed by atoms with Crippen molar-refractivity contribution in [1.82, 2.24) is 9.62 Å². The molecule has 0 aromatic heterocycles. The Balaban J connectivity index is 0. The first-order chi connectivity index (χ1) is 11.6. The van der Waals surface area contributed by atoms with Gasteiger partial charge in [-0.15, -0.1) is 0 Å². The van der Waals surface area contributed by atoms with E-state index in [1.807, 2.05) is 44.2 Å². The summed E-state index contributed by atoms with van der Waals surface area (Å²) in [4.78, 5) is 22.4. The van der Waals surface area contributed by atoms with Crippen molar-refractivity contribution in [3.8, 4) is 0 Å². The molecule has 1 aromatic carbocycles. The summed E-state index contributed by atoms with van der Waals surface area (Å²) in [6, 6.07) is 8.85. The van der Waals surface area contributed by atoms with Crippen molar-refractivity contribution in [2.45, 2.75) is 33.2 Å². The summed E-state index contributed by atoms with van der Waals surface area (Å²) in [7, 11) is 1.39. The number of hydrogen-bond donors (Lipinski definition) is 1. The van der Waals surface area contributed by atoms with Gasteiger partial charge in [0.05, 0.1) is 13.4 Å². The van der Waals surface area contributed by atoms with Crippen LogP contribution in [0.4, 0.5) is 0 Å². The third kappa shape index (κ3) is 13.1. The molecule has 1 atom stereocenters. The first kappa shape index (κ1) is 25.3. The summed E-state index contributed by atoms with van der Waals surface area (Å²) in [5.41, 5.74) is 0.978. The minimum absolute atomic E-state index is 0.244. The molecule has 1 rings (SSSR count). The summed E-state index contributed by atoms with van der Waals surface area (Å²) in [5.74, 6) is -0.676. The summed E-state index contributed by atoms with van der Waals surface area (Å²) in [6.07, 6.45) is 1.60. The lowest BCUT2D eigenvalue weighted by Crippen LogP contribution is -2.41. The standard InChI is InChI=1S/C12H15NO3.C3H9NO2S.C2H6/c1-9(14)13-11(12(15)16-2)8-10-6-4-3-5-7-10;1-4(2)7(3,5)6;1-2/h3-7,11H,8H2,1-2H3,(H,13,14);1-3H3;1-2H3. The van der Waals surface area contributed by atoms with Crippen molar-refractivity contribution in [2.75, 3.05) is 27.5 Å². The molecule has 0 heterocycles. The number of ether oxygens (including phenoxy) is 1. The number of carbonyl (C=O) groups is 2. The summed E-state index contributed by atoms with van der Waals surface area (Å²) in [6.45, 7) is 5.38. The molecular weight excluding hydrogens is 344 g/mol. The Morgan fingerprint density at radius 1 is 1.16 bits per heavy atom. The van der Waals surface area contributed by atoms with Crippen molar-refractivity contribution in [3.63, 3.8) is 0 Å². The number of nitrogens with one attached hydrogen (secondary N) is 1. The van der Waals surface area contributed by atoms with E-state index in [2.05, 4.69) is 10.1 Å². The Morgan fingerprint density at radius 3 is 1.92 bits per heavy atom. The van der Waals surface area contributed by atoms with Crippen LogP contribution in [0.3, 0.4) is 0 Å². The van der Waals surface area contributed by atoms with Gasteiger partial charge in [-0.1, -0.05) is 44.2 Å². The van der Waals surface area contributed by atoms with Crippen LogP contribution in [-0.2, 0) is 30.8 Å². The summed E-state index contributed by atoms with van der Waals surface area (Å²) >= 11 is 0. The molecule has 1 aromatic rings. The van der Waals surface area contributed by atoms with Gasteiger partial charge in [0.15, 0.2) is 0 Å². The van der Waals surface area contributed by atoms with E-state index in [0.29, 0.717) is 6.42 Å². The fraction of sp³-hybridized carbons (Fsp3) is 0.529. The molecule has 8 heteroatoms. The topological polar surface area (TPSA) is 92.8 Å². The number of esters is 1. The van der Waals surface area contributed by atoms with Crippen molar-refractivity contribution >= 4 is 21.9 Å². The van der Waals surface area contributed by atoms with Crippen molar-refractivity contribution in [3.05, 3.63) is 35.9 Å². The minimum Gasteiger partial charge on any atom is -0.467 e. The Kier molecular flexibility index (Phi) is 13.5. The van der Waals surface area contributed by atoms with Gasteiger partial charge in [-0.2, -0.15) is 0 Å². The van der Waals surface area contributed by atoms with E-state index in [1.54, 1.807) is 0 Å². The van der Waals surface area contributed by atoms with Crippen LogP contribution in [0.15, 0.2) is 30.3 Å². The highest BCUT2D eigenvalue weighted by atomic mass is 32.2. The second kappa shape index (κ2) is 13.4. The number of nitrogens with zero attached hydrogens (tertiary/aromatic N) is 1. The predicted molar refractivity (Wildman–Crippen MR) is 99.6 cm³/mol. The molecule has 7 nitrogen and oxygen atoms in total. The van der Waals surface area contributed by atoms with E-state index in [9.17, 15) is 18.0 Å². The zero-order valence-electron chi connectivity index (χ0n) is 16.1. The Morgan fingerprint density at radius 2 is 1.60 bits per heavy atom. The Hall–Kier alpha value is -1.93. The minimum atomic E-state index is -2.91. The van der Waals surface area contributed by atoms with E-state index in [0.717, 1.165) is 16.1 Å². The molecule has 0 spiro atoms. The molecule has 25 heavy (non-hydrogen) atoms. The van der Waals surface area contributed by atoms with Gasteiger partial charge in [0.1, 0.15) is 6.04 Å². The SMILES string of the molecule is CC.CN(C)S(C)(=O)=O.COC(=O)C(Cc1ccccc1)NC(C)=O. The molecule has 1 amide bonds. The van der Waals surface area contributed by atoms with Gasteiger partial charge in [-0.3, -0.25) is 4.79 Å². The highest BCUT2D eigenvalue weighted by molar-refractivity contribution is 7.88. The second-order valence-electron chi connectivity index (χ2n) is 5.01. The van der Waals surface area contributed by atoms with Crippen LogP contribution in [0.25, 0.3) is 0 Å². The predicted octanol–water partition coefficient (Wildman–Crippen LogP) is 1.44. The fourth-order valence-corrected chi connectivity index (χ4v) is 1.43. The monoisotopic (exact) mass is 374 g/mol. The molecule has 1 unspecified atom stereocenters. The van der Waals surface area contributed by atoms with Crippen molar-refractivity contribution in [2.24, 2.45) is 0 Å². The van der Waals surface area contributed by atoms with E-state index in [4.69, 9.17) is 0 Å². The molecule has 0 saturated carbocycles. The maximum atomic E-state index is 11.4. The summed E-state index contributed by atoms with van der Waals surface area (Å²) in [5, 5.41) is 2.57. The zero-order valence-corrected chi connectivity index (χ0v) is 16.9. The van der Waals surface area contributed by atoms with Crippen LogP contribution >= 0.6 is 0 Å². The van der Waals surface area contributed by atoms with Gasteiger partial charge in [0.25, 0.3) is 0 Å². The maximum absolute atomic E-state index is 11.4. The van der Waals surface area contributed by atoms with Crippen LogP contribution in [0.2, 0.25) is 0 Å². The quantitative estimate of drug-likeness (QED) is 0.787. The lowest BCUT2D eigenvalue weighted by Gasteiger charge is -2.15. The molecule has 1 N–H and O–H groups in total. The largest absolute Gasteiger partial charge is 0.467 e. The van der Waals surface area contributed by atoms with Crippen molar-refractivity contribution in [1.29, 1.82) is 0 Å². The first-order valence-corrected chi connectivity index (χ1v) is 9.69. The lowest BCUT2D eigenvalue weighted by atomic mass is 10.1. The normalized spacial score (nSPS) is 11.2. The first-order valence-electron chi connectivity index (χ1n) is 7.84. The average molecular weight is 375 g/mol. The van der Waals surface area contributed by atoms with Gasteiger partial charge in [0, 0.05) is 27.4 Å². The number of carbonyl (C=O) groups excluding carboxylic acids is 2. The third-order valence-corrected chi connectivity index (χ3v) is 4.14. The Bertz CT molecular complexity index is 601. The average Bonchev–Trinajstić information content (AvgIpc) is 2.55. The molecule has 0 aliphatic carbocycles. The second-order valence-corrected chi connectivity index (χ2v) is 7.21.